The zero-order chi connectivity index (χ0) is 14.3. The van der Waals surface area contributed by atoms with Crippen molar-refractivity contribution >= 4 is 35.0 Å². The highest BCUT2D eigenvalue weighted by Gasteiger charge is 2.63. The molecule has 0 heterocycles. The van der Waals surface area contributed by atoms with E-state index in [4.69, 9.17) is 23.2 Å². The average molecular weight is 293 g/mol. The van der Waals surface area contributed by atoms with Crippen molar-refractivity contribution in [3.8, 4) is 0 Å². The van der Waals surface area contributed by atoms with E-state index in [1.165, 1.54) is 7.11 Å². The van der Waals surface area contributed by atoms with Crippen LogP contribution in [0.2, 0.25) is 0 Å². The number of halogens is 2. The van der Waals surface area contributed by atoms with Gasteiger partial charge in [-0.25, -0.2) is 0 Å². The van der Waals surface area contributed by atoms with Gasteiger partial charge in [-0.15, -0.1) is 0 Å². The van der Waals surface area contributed by atoms with Crippen LogP contribution in [-0.2, 0) is 14.3 Å². The van der Waals surface area contributed by atoms with E-state index < -0.39 is 11.4 Å². The van der Waals surface area contributed by atoms with Gasteiger partial charge in [0.25, 0.3) is 0 Å². The standard InChI is InChI=1S/C13H18Cl2O3/c1-12(2)7(6-8(14)15)9(12)10(16)13(3,4)11(17)18-5/h6-7,9H,1-5H3. The van der Waals surface area contributed by atoms with Crippen LogP contribution in [-0.4, -0.2) is 18.9 Å². The molecule has 18 heavy (non-hydrogen) atoms. The fraction of sp³-hybridized carbons (Fsp3) is 0.692. The molecule has 102 valence electrons. The number of ketones is 1. The Kier molecular flexibility index (Phi) is 4.19. The highest BCUT2D eigenvalue weighted by molar-refractivity contribution is 6.55. The molecular formula is C13H18Cl2O3. The van der Waals surface area contributed by atoms with Crippen LogP contribution < -0.4 is 0 Å². The number of carbonyl (C=O) groups is 2. The van der Waals surface area contributed by atoms with Crippen LogP contribution in [0.1, 0.15) is 27.7 Å². The van der Waals surface area contributed by atoms with Crippen molar-refractivity contribution in [2.75, 3.05) is 7.11 Å². The van der Waals surface area contributed by atoms with Crippen LogP contribution >= 0.6 is 23.2 Å². The number of hydrogen-bond acceptors (Lipinski definition) is 3. The second kappa shape index (κ2) is 4.86. The van der Waals surface area contributed by atoms with Gasteiger partial charge in [0.1, 0.15) is 9.91 Å². The Morgan fingerprint density at radius 2 is 1.78 bits per heavy atom. The summed E-state index contributed by atoms with van der Waals surface area (Å²) >= 11 is 11.3. The van der Waals surface area contributed by atoms with Crippen molar-refractivity contribution in [2.24, 2.45) is 22.7 Å². The fourth-order valence-electron chi connectivity index (χ4n) is 2.37. The van der Waals surface area contributed by atoms with E-state index >= 15 is 0 Å². The van der Waals surface area contributed by atoms with E-state index in [2.05, 4.69) is 4.74 Å². The molecule has 3 nitrogen and oxygen atoms in total. The molecule has 0 aromatic carbocycles. The lowest BCUT2D eigenvalue weighted by Gasteiger charge is -2.20. The normalized spacial score (nSPS) is 25.3. The Morgan fingerprint density at radius 3 is 2.17 bits per heavy atom. The molecule has 0 amide bonds. The fourth-order valence-corrected chi connectivity index (χ4v) is 2.64. The second-order valence-electron chi connectivity index (χ2n) is 5.76. The van der Waals surface area contributed by atoms with Gasteiger partial charge in [-0.2, -0.15) is 0 Å². The first-order chi connectivity index (χ1) is 8.06. The highest BCUT2D eigenvalue weighted by atomic mass is 35.5. The Labute approximate surface area is 117 Å². The molecule has 0 N–H and O–H groups in total. The summed E-state index contributed by atoms with van der Waals surface area (Å²) in [4.78, 5) is 24.1. The molecule has 0 saturated heterocycles. The monoisotopic (exact) mass is 292 g/mol. The molecule has 0 spiro atoms. The molecule has 1 saturated carbocycles. The maximum atomic E-state index is 12.4. The molecule has 1 aliphatic rings. The highest BCUT2D eigenvalue weighted by Crippen LogP contribution is 2.61. The Bertz CT molecular complexity index is 406. The van der Waals surface area contributed by atoms with Gasteiger partial charge in [-0.1, -0.05) is 37.0 Å². The summed E-state index contributed by atoms with van der Waals surface area (Å²) in [5.74, 6) is -0.928. The van der Waals surface area contributed by atoms with E-state index in [0.717, 1.165) is 0 Å². The number of carbonyl (C=O) groups excluding carboxylic acids is 2. The van der Waals surface area contributed by atoms with E-state index in [1.54, 1.807) is 19.9 Å². The summed E-state index contributed by atoms with van der Waals surface area (Å²) in [6, 6.07) is 0. The topological polar surface area (TPSA) is 43.4 Å². The number of hydrogen-bond donors (Lipinski definition) is 0. The number of rotatable bonds is 4. The van der Waals surface area contributed by atoms with Gasteiger partial charge in [-0.05, 0) is 31.3 Å². The molecular weight excluding hydrogens is 275 g/mol. The van der Waals surface area contributed by atoms with Gasteiger partial charge in [-0.3, -0.25) is 9.59 Å². The summed E-state index contributed by atoms with van der Waals surface area (Å²) in [7, 11) is 1.28. The summed E-state index contributed by atoms with van der Waals surface area (Å²) in [6.45, 7) is 7.08. The van der Waals surface area contributed by atoms with Crippen LogP contribution in [0.4, 0.5) is 0 Å². The van der Waals surface area contributed by atoms with Crippen LogP contribution in [0.15, 0.2) is 10.6 Å². The van der Waals surface area contributed by atoms with Crippen molar-refractivity contribution in [1.29, 1.82) is 0 Å². The van der Waals surface area contributed by atoms with Crippen LogP contribution in [0, 0.1) is 22.7 Å². The van der Waals surface area contributed by atoms with Gasteiger partial charge >= 0.3 is 5.97 Å². The maximum Gasteiger partial charge on any atom is 0.318 e. The Hall–Kier alpha value is -0.540. The van der Waals surface area contributed by atoms with Crippen molar-refractivity contribution in [1.82, 2.24) is 0 Å². The minimum atomic E-state index is -1.14. The zero-order valence-corrected chi connectivity index (χ0v) is 12.7. The lowest BCUT2D eigenvalue weighted by atomic mass is 9.83. The number of methoxy groups -OCH3 is 1. The number of esters is 1. The molecule has 0 aromatic rings. The second-order valence-corrected chi connectivity index (χ2v) is 6.77. The largest absolute Gasteiger partial charge is 0.468 e. The first kappa shape index (κ1) is 15.5. The van der Waals surface area contributed by atoms with Gasteiger partial charge in [0.05, 0.1) is 7.11 Å². The van der Waals surface area contributed by atoms with Gasteiger partial charge in [0, 0.05) is 5.92 Å². The van der Waals surface area contributed by atoms with Crippen molar-refractivity contribution in [3.05, 3.63) is 10.6 Å². The van der Waals surface area contributed by atoms with Crippen molar-refractivity contribution in [2.45, 2.75) is 27.7 Å². The third kappa shape index (κ3) is 2.57. The lowest BCUT2D eigenvalue weighted by Crippen LogP contribution is -2.36. The predicted molar refractivity (Wildman–Crippen MR) is 71.4 cm³/mol. The summed E-state index contributed by atoms with van der Waals surface area (Å²) in [5.41, 5.74) is -1.37. The van der Waals surface area contributed by atoms with Gasteiger partial charge < -0.3 is 4.74 Å². The first-order valence-electron chi connectivity index (χ1n) is 5.72. The van der Waals surface area contributed by atoms with E-state index in [9.17, 15) is 9.59 Å². The maximum absolute atomic E-state index is 12.4. The third-order valence-corrected chi connectivity index (χ3v) is 4.06. The SMILES string of the molecule is COC(=O)C(C)(C)C(=O)C1C(C=C(Cl)Cl)C1(C)C. The van der Waals surface area contributed by atoms with E-state index in [-0.39, 0.29) is 27.5 Å². The third-order valence-electron chi connectivity index (χ3n) is 3.81. The molecule has 1 fully saturated rings. The van der Waals surface area contributed by atoms with Gasteiger partial charge in [0.2, 0.25) is 0 Å². The molecule has 0 bridgehead atoms. The molecule has 0 radical (unpaired) electrons. The Morgan fingerprint density at radius 1 is 1.28 bits per heavy atom. The quantitative estimate of drug-likeness (QED) is 0.589. The predicted octanol–water partition coefficient (Wildman–Crippen LogP) is 3.35. The van der Waals surface area contributed by atoms with Crippen LogP contribution in [0.25, 0.3) is 0 Å². The van der Waals surface area contributed by atoms with Gasteiger partial charge in [0.15, 0.2) is 5.78 Å². The lowest BCUT2D eigenvalue weighted by molar-refractivity contribution is -0.156. The Balaban J connectivity index is 2.94. The summed E-state index contributed by atoms with van der Waals surface area (Å²) < 4.78 is 4.82. The first-order valence-corrected chi connectivity index (χ1v) is 6.48. The summed E-state index contributed by atoms with van der Waals surface area (Å²) in [6.07, 6.45) is 1.67. The zero-order valence-electron chi connectivity index (χ0n) is 11.2. The molecule has 0 aliphatic heterocycles. The number of allylic oxidation sites excluding steroid dienone is 1. The minimum absolute atomic E-state index is 0.0288. The van der Waals surface area contributed by atoms with Crippen molar-refractivity contribution < 1.29 is 14.3 Å². The molecule has 0 aromatic heterocycles. The van der Waals surface area contributed by atoms with E-state index in [0.29, 0.717) is 0 Å². The summed E-state index contributed by atoms with van der Waals surface area (Å²) in [5, 5.41) is 0. The molecule has 5 heteroatoms. The molecule has 1 aliphatic carbocycles. The smallest absolute Gasteiger partial charge is 0.318 e. The van der Waals surface area contributed by atoms with Crippen LogP contribution in [0.3, 0.4) is 0 Å². The number of ether oxygens (including phenoxy) is 1. The minimum Gasteiger partial charge on any atom is -0.468 e. The molecule has 2 unspecified atom stereocenters. The molecule has 2 atom stereocenters. The van der Waals surface area contributed by atoms with Crippen molar-refractivity contribution in [3.63, 3.8) is 0 Å². The number of Topliss-reactive ketones (excluding diaryl/α,β-unsaturated/α-hetero) is 1. The molecule has 1 rings (SSSR count). The van der Waals surface area contributed by atoms with E-state index in [1.807, 2.05) is 13.8 Å². The van der Waals surface area contributed by atoms with Crippen LogP contribution in [0.5, 0.6) is 0 Å². The average Bonchev–Trinajstić information content (AvgIpc) is 2.76.